The number of likely N-dealkylation sites (N-methyl/N-ethyl adjacent to an activating group) is 1. The molecule has 1 aromatic carbocycles. The van der Waals surface area contributed by atoms with Gasteiger partial charge in [-0.1, -0.05) is 0 Å². The predicted molar refractivity (Wildman–Crippen MR) is 67.9 cm³/mol. The molecule has 0 unspecified atom stereocenters. The lowest BCUT2D eigenvalue weighted by Crippen LogP contribution is -2.37. The lowest BCUT2D eigenvalue weighted by Gasteiger charge is -2.28. The summed E-state index contributed by atoms with van der Waals surface area (Å²) in [4.78, 5) is 24.7. The number of fused-ring (bicyclic) bond motifs is 1. The van der Waals surface area contributed by atoms with Gasteiger partial charge < -0.3 is 19.1 Å². The number of benzene rings is 1. The van der Waals surface area contributed by atoms with Crippen LogP contribution < -0.4 is 14.4 Å². The maximum absolute atomic E-state index is 12.4. The molecule has 0 spiro atoms. The summed E-state index contributed by atoms with van der Waals surface area (Å²) in [6, 6.07) is 2.44. The van der Waals surface area contributed by atoms with E-state index in [1.54, 1.807) is 6.92 Å². The van der Waals surface area contributed by atoms with Gasteiger partial charge in [0.1, 0.15) is 5.69 Å². The molecular formula is C13H13F2NO5. The molecule has 0 aromatic heterocycles. The third kappa shape index (κ3) is 2.88. The number of amides is 1. The van der Waals surface area contributed by atoms with Gasteiger partial charge in [-0.2, -0.15) is 8.78 Å². The van der Waals surface area contributed by atoms with E-state index in [-0.39, 0.29) is 36.0 Å². The summed E-state index contributed by atoms with van der Waals surface area (Å²) in [5.74, 6) is -1.42. The highest BCUT2D eigenvalue weighted by Crippen LogP contribution is 2.43. The first-order chi connectivity index (χ1) is 9.95. The smallest absolute Gasteiger partial charge is 0.387 e. The Hall–Kier alpha value is -2.38. The second-order valence-corrected chi connectivity index (χ2v) is 4.13. The van der Waals surface area contributed by atoms with Crippen LogP contribution in [0, 0.1) is 0 Å². The summed E-state index contributed by atoms with van der Waals surface area (Å²) >= 11 is 0. The Morgan fingerprint density at radius 1 is 1.48 bits per heavy atom. The fourth-order valence-corrected chi connectivity index (χ4v) is 1.94. The van der Waals surface area contributed by atoms with Crippen LogP contribution in [0.5, 0.6) is 11.5 Å². The fraction of sp³-hybridized carbons (Fsp3) is 0.385. The summed E-state index contributed by atoms with van der Waals surface area (Å²) in [6.45, 7) is -1.60. The molecule has 1 heterocycles. The van der Waals surface area contributed by atoms with Crippen LogP contribution in [0.4, 0.5) is 14.5 Å². The Bertz CT molecular complexity index is 576. The van der Waals surface area contributed by atoms with E-state index in [0.717, 1.165) is 4.90 Å². The molecule has 21 heavy (non-hydrogen) atoms. The van der Waals surface area contributed by atoms with Crippen molar-refractivity contribution in [2.24, 2.45) is 0 Å². The molecule has 1 aliphatic heterocycles. The number of nitrogens with zero attached hydrogens (tertiary/aromatic N) is 1. The Morgan fingerprint density at radius 2 is 2.19 bits per heavy atom. The highest BCUT2D eigenvalue weighted by atomic mass is 19.3. The zero-order valence-corrected chi connectivity index (χ0v) is 11.4. The summed E-state index contributed by atoms with van der Waals surface area (Å²) in [5.41, 5.74) is 0.104. The van der Waals surface area contributed by atoms with Crippen molar-refractivity contribution in [2.75, 3.05) is 25.2 Å². The molecule has 2 rings (SSSR count). The topological polar surface area (TPSA) is 65.1 Å². The van der Waals surface area contributed by atoms with E-state index in [2.05, 4.69) is 4.74 Å². The molecular weight excluding hydrogens is 288 g/mol. The molecule has 0 N–H and O–H groups in total. The maximum Gasteiger partial charge on any atom is 0.387 e. The van der Waals surface area contributed by atoms with Crippen molar-refractivity contribution in [1.82, 2.24) is 0 Å². The number of carbonyl (C=O) groups excluding carboxylic acids is 2. The Morgan fingerprint density at radius 3 is 2.81 bits per heavy atom. The van der Waals surface area contributed by atoms with Crippen molar-refractivity contribution in [3.63, 3.8) is 0 Å². The number of hydrogen-bond donors (Lipinski definition) is 0. The number of hydrogen-bond acceptors (Lipinski definition) is 5. The van der Waals surface area contributed by atoms with E-state index in [9.17, 15) is 18.4 Å². The molecule has 0 fully saturated rings. The van der Waals surface area contributed by atoms with E-state index in [1.165, 1.54) is 19.2 Å². The average Bonchev–Trinajstić information content (AvgIpc) is 2.42. The van der Waals surface area contributed by atoms with Crippen LogP contribution in [-0.2, 0) is 9.53 Å². The minimum Gasteiger partial charge on any atom is -0.478 e. The zero-order chi connectivity index (χ0) is 15.6. The van der Waals surface area contributed by atoms with Gasteiger partial charge in [0.2, 0.25) is 0 Å². The molecule has 0 radical (unpaired) electrons. The van der Waals surface area contributed by atoms with Crippen LogP contribution in [-0.4, -0.2) is 38.7 Å². The lowest BCUT2D eigenvalue weighted by molar-refractivity contribution is -0.121. The summed E-state index contributed by atoms with van der Waals surface area (Å²) in [5, 5.41) is 0. The van der Waals surface area contributed by atoms with Crippen molar-refractivity contribution < 1.29 is 32.6 Å². The van der Waals surface area contributed by atoms with E-state index in [1.807, 2.05) is 0 Å². The third-order valence-corrected chi connectivity index (χ3v) is 2.86. The molecule has 0 bridgehead atoms. The minimum absolute atomic E-state index is 0.0454. The van der Waals surface area contributed by atoms with Crippen LogP contribution in [0.2, 0.25) is 0 Å². The van der Waals surface area contributed by atoms with Gasteiger partial charge in [0.05, 0.1) is 12.2 Å². The van der Waals surface area contributed by atoms with Gasteiger partial charge in [-0.05, 0) is 19.1 Å². The Labute approximate surface area is 119 Å². The van der Waals surface area contributed by atoms with Crippen molar-refractivity contribution in [1.29, 1.82) is 0 Å². The number of halogens is 2. The second-order valence-electron chi connectivity index (χ2n) is 4.13. The average molecular weight is 301 g/mol. The number of rotatable bonds is 4. The van der Waals surface area contributed by atoms with Crippen molar-refractivity contribution in [3.8, 4) is 11.5 Å². The molecule has 0 aliphatic carbocycles. The molecule has 0 saturated carbocycles. The quantitative estimate of drug-likeness (QED) is 0.794. The second kappa shape index (κ2) is 5.94. The normalized spacial score (nSPS) is 13.8. The first-order valence-corrected chi connectivity index (χ1v) is 6.14. The van der Waals surface area contributed by atoms with E-state index >= 15 is 0 Å². The first kappa shape index (κ1) is 15.0. The largest absolute Gasteiger partial charge is 0.478 e. The molecule has 114 valence electrons. The molecule has 0 atom stereocenters. The summed E-state index contributed by atoms with van der Waals surface area (Å²) < 4.78 is 39.2. The van der Waals surface area contributed by atoms with Crippen LogP contribution in [0.25, 0.3) is 0 Å². The lowest BCUT2D eigenvalue weighted by atomic mass is 10.1. The van der Waals surface area contributed by atoms with E-state index in [4.69, 9.17) is 9.47 Å². The Balaban J connectivity index is 2.54. The predicted octanol–water partition coefficient (Wildman–Crippen LogP) is 1.82. The highest BCUT2D eigenvalue weighted by Gasteiger charge is 2.31. The van der Waals surface area contributed by atoms with Crippen LogP contribution in [0.1, 0.15) is 17.3 Å². The van der Waals surface area contributed by atoms with Crippen molar-refractivity contribution in [3.05, 3.63) is 17.7 Å². The molecule has 1 aliphatic rings. The standard InChI is InChI=1S/C13H13F2NO5/c1-3-19-12(18)7-4-5-8(21-13(14)15)11-10(7)16(2)9(17)6-20-11/h4-5,13H,3,6H2,1-2H3. The van der Waals surface area contributed by atoms with Crippen molar-refractivity contribution >= 4 is 17.6 Å². The van der Waals surface area contributed by atoms with E-state index in [0.29, 0.717) is 0 Å². The summed E-state index contributed by atoms with van der Waals surface area (Å²) in [7, 11) is 1.42. The number of alkyl halides is 2. The molecule has 1 amide bonds. The van der Waals surface area contributed by atoms with Gasteiger partial charge in [0.25, 0.3) is 5.91 Å². The fourth-order valence-electron chi connectivity index (χ4n) is 1.94. The molecule has 6 nitrogen and oxygen atoms in total. The van der Waals surface area contributed by atoms with Crippen LogP contribution >= 0.6 is 0 Å². The van der Waals surface area contributed by atoms with Crippen LogP contribution in [0.3, 0.4) is 0 Å². The van der Waals surface area contributed by atoms with Gasteiger partial charge in [0, 0.05) is 7.05 Å². The van der Waals surface area contributed by atoms with E-state index < -0.39 is 18.5 Å². The van der Waals surface area contributed by atoms with Gasteiger partial charge in [-0.15, -0.1) is 0 Å². The highest BCUT2D eigenvalue weighted by molar-refractivity contribution is 6.06. The van der Waals surface area contributed by atoms with Gasteiger partial charge in [-0.3, -0.25) is 4.79 Å². The maximum atomic E-state index is 12.4. The molecule has 8 heteroatoms. The van der Waals surface area contributed by atoms with Gasteiger partial charge >= 0.3 is 12.6 Å². The van der Waals surface area contributed by atoms with Gasteiger partial charge in [0.15, 0.2) is 18.1 Å². The summed E-state index contributed by atoms with van der Waals surface area (Å²) in [6.07, 6.45) is 0. The third-order valence-electron chi connectivity index (χ3n) is 2.86. The molecule has 0 saturated heterocycles. The number of ether oxygens (including phenoxy) is 3. The number of anilines is 1. The zero-order valence-electron chi connectivity index (χ0n) is 11.4. The number of carbonyl (C=O) groups is 2. The molecule has 1 aromatic rings. The number of esters is 1. The Kier molecular flexibility index (Phi) is 4.25. The van der Waals surface area contributed by atoms with Crippen molar-refractivity contribution in [2.45, 2.75) is 13.5 Å². The SMILES string of the molecule is CCOC(=O)c1ccc(OC(F)F)c2c1N(C)C(=O)CO2. The van der Waals surface area contributed by atoms with Crippen LogP contribution in [0.15, 0.2) is 12.1 Å². The minimum atomic E-state index is -3.05. The first-order valence-electron chi connectivity index (χ1n) is 6.14. The monoisotopic (exact) mass is 301 g/mol. The van der Waals surface area contributed by atoms with Gasteiger partial charge in [-0.25, -0.2) is 4.79 Å².